The predicted molar refractivity (Wildman–Crippen MR) is 67.6 cm³/mol. The Kier molecular flexibility index (Phi) is 4.93. The fraction of sp³-hybridized carbons (Fsp3) is 0.714. The molecule has 0 spiro atoms. The molecule has 0 amide bonds. The number of ketones is 1. The first-order valence-corrected chi connectivity index (χ1v) is 6.85. The summed E-state index contributed by atoms with van der Waals surface area (Å²) in [6.07, 6.45) is 7.05. The number of carbonyl (C=O) groups excluding carboxylic acids is 1. The van der Waals surface area contributed by atoms with E-state index in [1.807, 2.05) is 0 Å². The topological polar surface area (TPSA) is 52.3 Å². The van der Waals surface area contributed by atoms with Crippen LogP contribution in [0, 0.1) is 5.92 Å². The van der Waals surface area contributed by atoms with E-state index in [0.29, 0.717) is 24.0 Å². The van der Waals surface area contributed by atoms with Gasteiger partial charge in [-0.15, -0.1) is 0 Å². The van der Waals surface area contributed by atoms with Crippen molar-refractivity contribution in [1.29, 1.82) is 0 Å². The van der Waals surface area contributed by atoms with Gasteiger partial charge in [0.05, 0.1) is 6.20 Å². The van der Waals surface area contributed by atoms with Crippen molar-refractivity contribution in [2.75, 3.05) is 13.2 Å². The number of oxazole rings is 1. The van der Waals surface area contributed by atoms with E-state index < -0.39 is 0 Å². The third-order valence-corrected chi connectivity index (χ3v) is 3.38. The molecule has 1 atom stereocenters. The molecule has 1 saturated heterocycles. The number of Topliss-reactive ketones (excluding diaryl/α,β-unsaturated/α-hetero) is 1. The van der Waals surface area contributed by atoms with Gasteiger partial charge in [0.1, 0.15) is 0 Å². The van der Waals surface area contributed by atoms with Gasteiger partial charge in [-0.25, -0.2) is 4.98 Å². The van der Waals surface area contributed by atoms with Gasteiger partial charge in [0.2, 0.25) is 0 Å². The Labute approximate surface area is 108 Å². The Morgan fingerprint density at radius 2 is 2.44 bits per heavy atom. The Morgan fingerprint density at radius 1 is 1.56 bits per heavy atom. The first-order valence-electron chi connectivity index (χ1n) is 6.85. The van der Waals surface area contributed by atoms with Crippen molar-refractivity contribution >= 4 is 5.78 Å². The molecule has 0 radical (unpaired) electrons. The van der Waals surface area contributed by atoms with Gasteiger partial charge in [-0.2, -0.15) is 0 Å². The maximum absolute atomic E-state index is 11.9. The quantitative estimate of drug-likeness (QED) is 0.699. The summed E-state index contributed by atoms with van der Waals surface area (Å²) in [5.41, 5.74) is 0. The van der Waals surface area contributed by atoms with Crippen LogP contribution in [0.25, 0.3) is 0 Å². The van der Waals surface area contributed by atoms with E-state index in [-0.39, 0.29) is 5.78 Å². The zero-order valence-corrected chi connectivity index (χ0v) is 11.0. The number of ether oxygens (including phenoxy) is 1. The molecule has 0 aliphatic carbocycles. The number of hydrogen-bond acceptors (Lipinski definition) is 4. The highest BCUT2D eigenvalue weighted by atomic mass is 16.5. The highest BCUT2D eigenvalue weighted by molar-refractivity contribution is 5.93. The maximum atomic E-state index is 11.9. The van der Waals surface area contributed by atoms with E-state index in [2.05, 4.69) is 11.9 Å². The number of carbonyl (C=O) groups is 1. The summed E-state index contributed by atoms with van der Waals surface area (Å²) >= 11 is 0. The van der Waals surface area contributed by atoms with Gasteiger partial charge in [0, 0.05) is 26.1 Å². The Bertz CT molecular complexity index is 380. The fourth-order valence-corrected chi connectivity index (χ4v) is 2.15. The molecule has 1 aromatic heterocycles. The molecule has 2 heterocycles. The third kappa shape index (κ3) is 3.67. The van der Waals surface area contributed by atoms with E-state index in [4.69, 9.17) is 9.15 Å². The summed E-state index contributed by atoms with van der Waals surface area (Å²) in [4.78, 5) is 16.1. The average Bonchev–Trinajstić information content (AvgIpc) is 3.04. The van der Waals surface area contributed by atoms with Crippen LogP contribution in [0.5, 0.6) is 0 Å². The van der Waals surface area contributed by atoms with Crippen molar-refractivity contribution in [2.24, 2.45) is 5.92 Å². The van der Waals surface area contributed by atoms with Gasteiger partial charge in [0.15, 0.2) is 17.4 Å². The standard InChI is InChI=1S/C14H21NO3/c1-2-3-4-14-15-9-13(18-14)12(16)6-5-11-7-8-17-10-11/h9,11H,2-8,10H2,1H3. The number of aromatic nitrogens is 1. The maximum Gasteiger partial charge on any atom is 0.199 e. The lowest BCUT2D eigenvalue weighted by atomic mass is 10.0. The summed E-state index contributed by atoms with van der Waals surface area (Å²) in [5, 5.41) is 0. The van der Waals surface area contributed by atoms with Crippen LogP contribution in [0.1, 0.15) is 55.5 Å². The highest BCUT2D eigenvalue weighted by Crippen LogP contribution is 2.19. The van der Waals surface area contributed by atoms with Crippen LogP contribution in [0.15, 0.2) is 10.6 Å². The van der Waals surface area contributed by atoms with Gasteiger partial charge in [-0.05, 0) is 25.2 Å². The average molecular weight is 251 g/mol. The van der Waals surface area contributed by atoms with Crippen molar-refractivity contribution in [1.82, 2.24) is 4.98 Å². The van der Waals surface area contributed by atoms with Crippen molar-refractivity contribution in [3.63, 3.8) is 0 Å². The number of hydrogen-bond donors (Lipinski definition) is 0. The van der Waals surface area contributed by atoms with Gasteiger partial charge in [-0.1, -0.05) is 13.3 Å². The van der Waals surface area contributed by atoms with Gasteiger partial charge >= 0.3 is 0 Å². The first kappa shape index (κ1) is 13.3. The molecule has 1 unspecified atom stereocenters. The first-order chi connectivity index (χ1) is 8.79. The van der Waals surface area contributed by atoms with Crippen molar-refractivity contribution < 1.29 is 13.9 Å². The van der Waals surface area contributed by atoms with Crippen LogP contribution in [0.4, 0.5) is 0 Å². The monoisotopic (exact) mass is 251 g/mol. The van der Waals surface area contributed by atoms with Crippen LogP contribution in [0.3, 0.4) is 0 Å². The van der Waals surface area contributed by atoms with Crippen LogP contribution < -0.4 is 0 Å². The van der Waals surface area contributed by atoms with Gasteiger partial charge in [-0.3, -0.25) is 4.79 Å². The van der Waals surface area contributed by atoms with Crippen LogP contribution in [-0.2, 0) is 11.2 Å². The van der Waals surface area contributed by atoms with Crippen molar-refractivity contribution in [3.8, 4) is 0 Å². The van der Waals surface area contributed by atoms with Gasteiger partial charge in [0.25, 0.3) is 0 Å². The number of aryl methyl sites for hydroxylation is 1. The second-order valence-corrected chi connectivity index (χ2v) is 4.91. The molecule has 1 aliphatic heterocycles. The molecule has 2 rings (SSSR count). The Hall–Kier alpha value is -1.16. The molecular formula is C14H21NO3. The van der Waals surface area contributed by atoms with E-state index in [1.54, 1.807) is 6.20 Å². The molecule has 0 aromatic carbocycles. The molecule has 100 valence electrons. The molecule has 4 nitrogen and oxygen atoms in total. The Morgan fingerprint density at radius 3 is 3.17 bits per heavy atom. The van der Waals surface area contributed by atoms with E-state index in [1.165, 1.54) is 0 Å². The van der Waals surface area contributed by atoms with E-state index >= 15 is 0 Å². The summed E-state index contributed by atoms with van der Waals surface area (Å²) in [5.74, 6) is 1.71. The molecule has 18 heavy (non-hydrogen) atoms. The predicted octanol–water partition coefficient (Wildman–Crippen LogP) is 3.02. The lowest BCUT2D eigenvalue weighted by molar-refractivity contribution is 0.0942. The van der Waals surface area contributed by atoms with E-state index in [9.17, 15) is 4.79 Å². The van der Waals surface area contributed by atoms with Crippen LogP contribution in [-0.4, -0.2) is 24.0 Å². The molecule has 0 bridgehead atoms. The second-order valence-electron chi connectivity index (χ2n) is 4.91. The number of unbranched alkanes of at least 4 members (excludes halogenated alkanes) is 1. The molecule has 4 heteroatoms. The fourth-order valence-electron chi connectivity index (χ4n) is 2.15. The molecule has 0 saturated carbocycles. The minimum atomic E-state index is 0.0668. The SMILES string of the molecule is CCCCc1ncc(C(=O)CCC2CCOC2)o1. The Balaban J connectivity index is 1.78. The van der Waals surface area contributed by atoms with Gasteiger partial charge < -0.3 is 9.15 Å². The zero-order valence-electron chi connectivity index (χ0n) is 11.0. The minimum Gasteiger partial charge on any atom is -0.438 e. The van der Waals surface area contributed by atoms with E-state index in [0.717, 1.165) is 45.3 Å². The smallest absolute Gasteiger partial charge is 0.199 e. The lowest BCUT2D eigenvalue weighted by Crippen LogP contribution is -2.04. The van der Waals surface area contributed by atoms with Crippen molar-refractivity contribution in [2.45, 2.75) is 45.4 Å². The summed E-state index contributed by atoms with van der Waals surface area (Å²) in [6.45, 7) is 3.76. The van der Waals surface area contributed by atoms with Crippen LogP contribution >= 0.6 is 0 Å². The third-order valence-electron chi connectivity index (χ3n) is 3.38. The highest BCUT2D eigenvalue weighted by Gasteiger charge is 2.19. The normalized spacial score (nSPS) is 19.3. The molecular weight excluding hydrogens is 230 g/mol. The lowest BCUT2D eigenvalue weighted by Gasteiger charge is -2.04. The molecule has 0 N–H and O–H groups in total. The summed E-state index contributed by atoms with van der Waals surface area (Å²) in [6, 6.07) is 0. The number of nitrogens with zero attached hydrogens (tertiary/aromatic N) is 1. The number of rotatable bonds is 7. The molecule has 1 fully saturated rings. The summed E-state index contributed by atoms with van der Waals surface area (Å²) in [7, 11) is 0. The van der Waals surface area contributed by atoms with Crippen molar-refractivity contribution in [3.05, 3.63) is 17.8 Å². The molecule has 1 aliphatic rings. The minimum absolute atomic E-state index is 0.0668. The summed E-state index contributed by atoms with van der Waals surface area (Å²) < 4.78 is 10.8. The molecule has 1 aromatic rings. The largest absolute Gasteiger partial charge is 0.438 e. The second kappa shape index (κ2) is 6.69. The zero-order chi connectivity index (χ0) is 12.8. The van der Waals surface area contributed by atoms with Crippen LogP contribution in [0.2, 0.25) is 0 Å².